The van der Waals surface area contributed by atoms with Crippen molar-refractivity contribution in [2.24, 2.45) is 4.99 Å². The molecule has 9 heteroatoms. The van der Waals surface area contributed by atoms with Crippen LogP contribution in [0.15, 0.2) is 39.8 Å². The Labute approximate surface area is 156 Å². The fraction of sp³-hybridized carbons (Fsp3) is 0.133. The number of hydrogen-bond acceptors (Lipinski definition) is 5. The highest BCUT2D eigenvalue weighted by molar-refractivity contribution is 9.10. The number of non-ortho nitro benzene ring substituents is 1. The van der Waals surface area contributed by atoms with Crippen LogP contribution in [-0.2, 0) is 0 Å². The van der Waals surface area contributed by atoms with Gasteiger partial charge in [-0.2, -0.15) is 0 Å². The maximum absolute atomic E-state index is 10.6. The molecule has 0 saturated heterocycles. The molecule has 0 aliphatic carbocycles. The fourth-order valence-corrected chi connectivity index (χ4v) is 2.94. The molecule has 0 atom stereocenters. The molecule has 2 N–H and O–H groups in total. The van der Waals surface area contributed by atoms with E-state index in [1.165, 1.54) is 18.3 Å². The van der Waals surface area contributed by atoms with Crippen molar-refractivity contribution >= 4 is 56.7 Å². The van der Waals surface area contributed by atoms with Crippen molar-refractivity contribution in [1.82, 2.24) is 0 Å². The van der Waals surface area contributed by atoms with Crippen LogP contribution in [0.4, 0.5) is 11.4 Å². The Morgan fingerprint density at radius 3 is 2.75 bits per heavy atom. The maximum Gasteiger partial charge on any atom is 0.271 e. The summed E-state index contributed by atoms with van der Waals surface area (Å²) in [5.74, 6) is 0.0644. The average Bonchev–Trinajstić information content (AvgIpc) is 2.52. The topological polar surface area (TPSA) is 87.8 Å². The van der Waals surface area contributed by atoms with Gasteiger partial charge in [0.15, 0.2) is 0 Å². The van der Waals surface area contributed by atoms with Gasteiger partial charge in [0.25, 0.3) is 5.69 Å². The summed E-state index contributed by atoms with van der Waals surface area (Å²) in [6.45, 7) is 0.882. The van der Waals surface area contributed by atoms with E-state index in [1.807, 2.05) is 0 Å². The van der Waals surface area contributed by atoms with E-state index in [1.54, 1.807) is 18.2 Å². The van der Waals surface area contributed by atoms with Crippen molar-refractivity contribution < 1.29 is 10.0 Å². The zero-order valence-electron chi connectivity index (χ0n) is 12.2. The molecule has 0 radical (unpaired) electrons. The summed E-state index contributed by atoms with van der Waals surface area (Å²) in [5, 5.41) is 24.3. The Hall–Kier alpha value is -1.83. The van der Waals surface area contributed by atoms with Gasteiger partial charge in [0.2, 0.25) is 0 Å². The van der Waals surface area contributed by atoms with E-state index in [2.05, 4.69) is 26.2 Å². The fourth-order valence-electron chi connectivity index (χ4n) is 1.86. The molecule has 0 fully saturated rings. The number of hydrogen-bond donors (Lipinski definition) is 2. The first kappa shape index (κ1) is 18.5. The molecule has 0 spiro atoms. The lowest BCUT2D eigenvalue weighted by atomic mass is 10.2. The van der Waals surface area contributed by atoms with Crippen LogP contribution in [0, 0.1) is 10.1 Å². The molecular weight excluding hydrogens is 421 g/mol. The van der Waals surface area contributed by atoms with E-state index in [0.717, 1.165) is 0 Å². The molecule has 0 heterocycles. The van der Waals surface area contributed by atoms with E-state index in [9.17, 15) is 15.2 Å². The minimum atomic E-state index is -0.504. The molecule has 126 valence electrons. The third kappa shape index (κ3) is 4.83. The van der Waals surface area contributed by atoms with Crippen molar-refractivity contribution in [2.45, 2.75) is 0 Å². The highest BCUT2D eigenvalue weighted by Crippen LogP contribution is 2.30. The quantitative estimate of drug-likeness (QED) is 0.294. The Morgan fingerprint density at radius 2 is 2.08 bits per heavy atom. The first-order valence-corrected chi connectivity index (χ1v) is 8.29. The highest BCUT2D eigenvalue weighted by Gasteiger charge is 2.09. The summed E-state index contributed by atoms with van der Waals surface area (Å²) < 4.78 is 0.493. The number of phenolic OH excluding ortho intramolecular Hbond substituents is 1. The SMILES string of the molecule is O=[N+]([O-])c1ccc(NCCN=Cc2cc(Cl)cc(Br)c2O)c(Cl)c1. The van der Waals surface area contributed by atoms with Gasteiger partial charge >= 0.3 is 0 Å². The van der Waals surface area contributed by atoms with Crippen molar-refractivity contribution in [1.29, 1.82) is 0 Å². The molecule has 0 aliphatic heterocycles. The molecule has 0 bridgehead atoms. The number of nitro groups is 1. The molecule has 0 aliphatic rings. The van der Waals surface area contributed by atoms with Gasteiger partial charge in [-0.25, -0.2) is 0 Å². The maximum atomic E-state index is 10.6. The summed E-state index contributed by atoms with van der Waals surface area (Å²) in [6.07, 6.45) is 1.52. The van der Waals surface area contributed by atoms with Crippen molar-refractivity contribution in [3.63, 3.8) is 0 Å². The zero-order valence-corrected chi connectivity index (χ0v) is 15.3. The minimum absolute atomic E-state index is 0.0643. The Bertz CT molecular complexity index is 800. The van der Waals surface area contributed by atoms with Crippen LogP contribution in [0.25, 0.3) is 0 Å². The summed E-state index contributed by atoms with van der Waals surface area (Å²) in [6, 6.07) is 7.40. The van der Waals surface area contributed by atoms with Crippen molar-refractivity contribution in [3.8, 4) is 5.75 Å². The van der Waals surface area contributed by atoms with Crippen LogP contribution in [0.3, 0.4) is 0 Å². The molecule has 6 nitrogen and oxygen atoms in total. The number of nitrogens with zero attached hydrogens (tertiary/aromatic N) is 2. The van der Waals surface area contributed by atoms with Gasteiger partial charge in [-0.1, -0.05) is 23.2 Å². The van der Waals surface area contributed by atoms with Gasteiger partial charge in [0.1, 0.15) is 5.75 Å². The monoisotopic (exact) mass is 431 g/mol. The zero-order chi connectivity index (χ0) is 17.7. The average molecular weight is 433 g/mol. The lowest BCUT2D eigenvalue weighted by Gasteiger charge is -2.06. The number of halogens is 3. The number of nitrogens with one attached hydrogen (secondary N) is 1. The van der Waals surface area contributed by atoms with E-state index in [0.29, 0.717) is 33.8 Å². The summed E-state index contributed by atoms with van der Waals surface area (Å²) in [4.78, 5) is 14.3. The Morgan fingerprint density at radius 1 is 1.33 bits per heavy atom. The number of aromatic hydroxyl groups is 1. The Kier molecular flexibility index (Phi) is 6.42. The van der Waals surface area contributed by atoms with Gasteiger partial charge in [-0.3, -0.25) is 15.1 Å². The highest BCUT2D eigenvalue weighted by atomic mass is 79.9. The standard InChI is InChI=1S/C15H12BrCl2N3O3/c16-12-6-10(17)5-9(15(12)22)8-19-3-4-20-14-2-1-11(21(23)24)7-13(14)18/h1-2,5-8,20,22H,3-4H2. The molecule has 24 heavy (non-hydrogen) atoms. The number of aliphatic imine (C=N–C) groups is 1. The first-order chi connectivity index (χ1) is 11.4. The van der Waals surface area contributed by atoms with Crippen LogP contribution < -0.4 is 5.32 Å². The summed E-state index contributed by atoms with van der Waals surface area (Å²) >= 11 is 15.1. The number of phenols is 1. The summed E-state index contributed by atoms with van der Waals surface area (Å²) in [7, 11) is 0. The van der Waals surface area contributed by atoms with Crippen molar-refractivity contribution in [3.05, 3.63) is 60.5 Å². The number of nitro benzene ring substituents is 1. The van der Waals surface area contributed by atoms with Crippen LogP contribution in [0.1, 0.15) is 5.56 Å². The summed E-state index contributed by atoms with van der Waals surface area (Å²) in [5.41, 5.74) is 1.03. The van der Waals surface area contributed by atoms with E-state index in [4.69, 9.17) is 23.2 Å². The predicted molar refractivity (Wildman–Crippen MR) is 99.9 cm³/mol. The molecule has 2 aromatic rings. The third-order valence-electron chi connectivity index (χ3n) is 3.01. The lowest BCUT2D eigenvalue weighted by molar-refractivity contribution is -0.384. The van der Waals surface area contributed by atoms with Gasteiger partial charge in [-0.05, 0) is 34.1 Å². The number of rotatable bonds is 6. The first-order valence-electron chi connectivity index (χ1n) is 6.74. The normalized spacial score (nSPS) is 11.0. The van der Waals surface area contributed by atoms with Crippen LogP contribution in [0.5, 0.6) is 5.75 Å². The molecule has 2 rings (SSSR count). The molecule has 0 unspecified atom stereocenters. The smallest absolute Gasteiger partial charge is 0.271 e. The molecular formula is C15H12BrCl2N3O3. The van der Waals surface area contributed by atoms with E-state index in [-0.39, 0.29) is 16.5 Å². The second-order valence-corrected chi connectivity index (χ2v) is 6.41. The largest absolute Gasteiger partial charge is 0.506 e. The lowest BCUT2D eigenvalue weighted by Crippen LogP contribution is -2.05. The van der Waals surface area contributed by atoms with Crippen LogP contribution in [0.2, 0.25) is 10.0 Å². The van der Waals surface area contributed by atoms with Gasteiger partial charge in [-0.15, -0.1) is 0 Å². The molecule has 0 saturated carbocycles. The van der Waals surface area contributed by atoms with E-state index >= 15 is 0 Å². The predicted octanol–water partition coefficient (Wildman–Crippen LogP) is 4.90. The van der Waals surface area contributed by atoms with Crippen molar-refractivity contribution in [2.75, 3.05) is 18.4 Å². The van der Waals surface area contributed by atoms with Crippen LogP contribution in [-0.4, -0.2) is 29.3 Å². The Balaban J connectivity index is 1.93. The second-order valence-electron chi connectivity index (χ2n) is 4.71. The second kappa shape index (κ2) is 8.32. The third-order valence-corrected chi connectivity index (χ3v) is 4.14. The van der Waals surface area contributed by atoms with Gasteiger partial charge in [0, 0.05) is 35.5 Å². The molecule has 0 aromatic heterocycles. The van der Waals surface area contributed by atoms with Gasteiger partial charge < -0.3 is 10.4 Å². The van der Waals surface area contributed by atoms with Gasteiger partial charge in [0.05, 0.1) is 26.7 Å². The van der Waals surface area contributed by atoms with E-state index < -0.39 is 4.92 Å². The molecule has 2 aromatic carbocycles. The molecule has 0 amide bonds. The number of anilines is 1. The number of benzene rings is 2. The minimum Gasteiger partial charge on any atom is -0.506 e. The van der Waals surface area contributed by atoms with Crippen LogP contribution >= 0.6 is 39.1 Å².